The van der Waals surface area contributed by atoms with Crippen LogP contribution >= 0.6 is 0 Å². The van der Waals surface area contributed by atoms with Gasteiger partial charge in [0, 0.05) is 29.9 Å². The van der Waals surface area contributed by atoms with Gasteiger partial charge in [0.2, 0.25) is 0 Å². The molecule has 1 aliphatic rings. The van der Waals surface area contributed by atoms with Crippen LogP contribution in [0.2, 0.25) is 0 Å². The zero-order valence-electron chi connectivity index (χ0n) is 12.4. The van der Waals surface area contributed by atoms with Crippen molar-refractivity contribution < 1.29 is 14.3 Å². The molecule has 1 saturated carbocycles. The minimum absolute atomic E-state index is 0.344. The van der Waals surface area contributed by atoms with Crippen LogP contribution in [0.1, 0.15) is 44.6 Å². The van der Waals surface area contributed by atoms with Gasteiger partial charge in [0.1, 0.15) is 5.82 Å². The summed E-state index contributed by atoms with van der Waals surface area (Å²) in [5, 5.41) is 8.79. The highest BCUT2D eigenvalue weighted by atomic mass is 19.1. The van der Waals surface area contributed by atoms with E-state index in [4.69, 9.17) is 5.11 Å². The van der Waals surface area contributed by atoms with Crippen molar-refractivity contribution >= 4 is 17.7 Å². The predicted molar refractivity (Wildman–Crippen MR) is 83.0 cm³/mol. The second-order valence-electron chi connectivity index (χ2n) is 5.45. The molecular weight excluding hydrogens is 269 g/mol. The van der Waals surface area contributed by atoms with Crippen LogP contribution in [-0.4, -0.2) is 23.7 Å². The monoisotopic (exact) mass is 291 g/mol. The summed E-state index contributed by atoms with van der Waals surface area (Å²) in [7, 11) is 0. The average molecular weight is 291 g/mol. The Hall–Kier alpha value is -1.84. The third kappa shape index (κ3) is 4.06. The molecule has 21 heavy (non-hydrogen) atoms. The normalized spacial score (nSPS) is 16.3. The van der Waals surface area contributed by atoms with Gasteiger partial charge < -0.3 is 10.0 Å². The summed E-state index contributed by atoms with van der Waals surface area (Å²) in [6.45, 7) is 2.92. The number of benzene rings is 1. The van der Waals surface area contributed by atoms with E-state index in [0.717, 1.165) is 31.1 Å². The summed E-state index contributed by atoms with van der Waals surface area (Å²) in [6, 6.07) is 5.07. The number of hydrogen-bond acceptors (Lipinski definition) is 2. The number of aliphatic carboxylic acids is 1. The first-order chi connectivity index (χ1) is 10.1. The molecule has 114 valence electrons. The van der Waals surface area contributed by atoms with Crippen molar-refractivity contribution in [2.75, 3.05) is 11.4 Å². The summed E-state index contributed by atoms with van der Waals surface area (Å²) in [4.78, 5) is 13.0. The molecule has 0 aromatic heterocycles. The number of rotatable bonds is 5. The lowest BCUT2D eigenvalue weighted by Crippen LogP contribution is -2.37. The SMILES string of the molecule is CCN(c1ccc(F)cc1/C=C/C(=O)O)C1CCCCC1. The molecule has 1 aliphatic carbocycles. The maximum Gasteiger partial charge on any atom is 0.328 e. The van der Waals surface area contributed by atoms with Gasteiger partial charge in [-0.3, -0.25) is 0 Å². The molecule has 2 rings (SSSR count). The molecule has 0 amide bonds. The minimum atomic E-state index is -1.02. The van der Waals surface area contributed by atoms with Gasteiger partial charge in [-0.05, 0) is 44.0 Å². The van der Waals surface area contributed by atoms with E-state index in [0.29, 0.717) is 11.6 Å². The first kappa shape index (κ1) is 15.5. The van der Waals surface area contributed by atoms with Crippen LogP contribution in [-0.2, 0) is 4.79 Å². The molecule has 0 radical (unpaired) electrons. The number of nitrogens with zero attached hydrogens (tertiary/aromatic N) is 1. The van der Waals surface area contributed by atoms with Crippen LogP contribution in [0.25, 0.3) is 6.08 Å². The van der Waals surface area contributed by atoms with E-state index < -0.39 is 5.97 Å². The summed E-state index contributed by atoms with van der Waals surface area (Å²) >= 11 is 0. The number of hydrogen-bond donors (Lipinski definition) is 1. The van der Waals surface area contributed by atoms with Gasteiger partial charge >= 0.3 is 5.97 Å². The molecule has 0 unspecified atom stereocenters. The third-order valence-electron chi connectivity index (χ3n) is 4.06. The van der Waals surface area contributed by atoms with E-state index in [-0.39, 0.29) is 5.82 Å². The standard InChI is InChI=1S/C17H22FNO2/c1-2-19(15-6-4-3-5-7-15)16-10-9-14(18)12-13(16)8-11-17(20)21/h8-12,15H,2-7H2,1H3,(H,20,21)/b11-8+. The molecule has 0 aliphatic heterocycles. The molecular formula is C17H22FNO2. The van der Waals surface area contributed by atoms with Gasteiger partial charge in [-0.25, -0.2) is 9.18 Å². The van der Waals surface area contributed by atoms with E-state index in [1.807, 2.05) is 0 Å². The van der Waals surface area contributed by atoms with E-state index >= 15 is 0 Å². The Morgan fingerprint density at radius 1 is 1.38 bits per heavy atom. The highest BCUT2D eigenvalue weighted by molar-refractivity contribution is 5.87. The smallest absolute Gasteiger partial charge is 0.328 e. The minimum Gasteiger partial charge on any atom is -0.478 e. The van der Waals surface area contributed by atoms with Crippen molar-refractivity contribution in [3.63, 3.8) is 0 Å². The van der Waals surface area contributed by atoms with Crippen molar-refractivity contribution in [1.29, 1.82) is 0 Å². The first-order valence-corrected chi connectivity index (χ1v) is 7.59. The van der Waals surface area contributed by atoms with Crippen LogP contribution in [0.4, 0.5) is 10.1 Å². The van der Waals surface area contributed by atoms with Crippen molar-refractivity contribution in [2.24, 2.45) is 0 Å². The molecule has 1 N–H and O–H groups in total. The Morgan fingerprint density at radius 3 is 2.71 bits per heavy atom. The molecule has 0 heterocycles. The van der Waals surface area contributed by atoms with Gasteiger partial charge in [0.05, 0.1) is 0 Å². The van der Waals surface area contributed by atoms with Gasteiger partial charge in [0.15, 0.2) is 0 Å². The van der Waals surface area contributed by atoms with Crippen LogP contribution in [0.3, 0.4) is 0 Å². The number of carboxylic acid groups (broad SMARTS) is 1. The predicted octanol–water partition coefficient (Wildman–Crippen LogP) is 4.08. The molecule has 0 spiro atoms. The summed E-state index contributed by atoms with van der Waals surface area (Å²) in [5.41, 5.74) is 1.55. The Balaban J connectivity index is 2.32. The summed E-state index contributed by atoms with van der Waals surface area (Å²) in [5.74, 6) is -1.37. The second kappa shape index (κ2) is 7.25. The van der Waals surface area contributed by atoms with E-state index in [9.17, 15) is 9.18 Å². The molecule has 1 fully saturated rings. The van der Waals surface area contributed by atoms with Crippen molar-refractivity contribution in [3.8, 4) is 0 Å². The fourth-order valence-corrected chi connectivity index (χ4v) is 3.10. The Bertz CT molecular complexity index is 522. The fourth-order valence-electron chi connectivity index (χ4n) is 3.10. The third-order valence-corrected chi connectivity index (χ3v) is 4.06. The first-order valence-electron chi connectivity index (χ1n) is 7.59. The van der Waals surface area contributed by atoms with Gasteiger partial charge in [-0.15, -0.1) is 0 Å². The fraction of sp³-hybridized carbons (Fsp3) is 0.471. The number of anilines is 1. The Labute approximate surface area is 125 Å². The number of carbonyl (C=O) groups is 1. The summed E-state index contributed by atoms with van der Waals surface area (Å²) < 4.78 is 13.5. The highest BCUT2D eigenvalue weighted by Gasteiger charge is 2.21. The second-order valence-corrected chi connectivity index (χ2v) is 5.45. The molecule has 0 bridgehead atoms. The zero-order chi connectivity index (χ0) is 15.2. The van der Waals surface area contributed by atoms with Gasteiger partial charge in [-0.1, -0.05) is 19.3 Å². The number of halogens is 1. The van der Waals surface area contributed by atoms with Crippen LogP contribution in [0.15, 0.2) is 24.3 Å². The summed E-state index contributed by atoms with van der Waals surface area (Å²) in [6.07, 6.45) is 8.56. The molecule has 0 saturated heterocycles. The highest BCUT2D eigenvalue weighted by Crippen LogP contribution is 2.30. The quantitative estimate of drug-likeness (QED) is 0.831. The molecule has 1 aromatic carbocycles. The Morgan fingerprint density at radius 2 is 2.10 bits per heavy atom. The van der Waals surface area contributed by atoms with E-state index in [1.165, 1.54) is 37.5 Å². The van der Waals surface area contributed by atoms with Crippen LogP contribution in [0, 0.1) is 5.82 Å². The largest absolute Gasteiger partial charge is 0.478 e. The van der Waals surface area contributed by atoms with Crippen molar-refractivity contribution in [3.05, 3.63) is 35.7 Å². The van der Waals surface area contributed by atoms with E-state index in [2.05, 4.69) is 11.8 Å². The zero-order valence-corrected chi connectivity index (χ0v) is 12.4. The van der Waals surface area contributed by atoms with Crippen molar-refractivity contribution in [2.45, 2.75) is 45.1 Å². The average Bonchev–Trinajstić information content (AvgIpc) is 2.48. The Kier molecular flexibility index (Phi) is 5.37. The molecule has 3 nitrogen and oxygen atoms in total. The molecule has 1 aromatic rings. The maximum absolute atomic E-state index is 13.5. The van der Waals surface area contributed by atoms with Crippen LogP contribution in [0.5, 0.6) is 0 Å². The van der Waals surface area contributed by atoms with E-state index in [1.54, 1.807) is 6.07 Å². The van der Waals surface area contributed by atoms with Crippen molar-refractivity contribution in [1.82, 2.24) is 0 Å². The molecule has 4 heteroatoms. The topological polar surface area (TPSA) is 40.5 Å². The number of carboxylic acids is 1. The van der Waals surface area contributed by atoms with Crippen LogP contribution < -0.4 is 4.90 Å². The lowest BCUT2D eigenvalue weighted by molar-refractivity contribution is -0.131. The van der Waals surface area contributed by atoms with Gasteiger partial charge in [-0.2, -0.15) is 0 Å². The lowest BCUT2D eigenvalue weighted by Gasteiger charge is -2.36. The maximum atomic E-state index is 13.5. The molecule has 0 atom stereocenters. The lowest BCUT2D eigenvalue weighted by atomic mass is 9.93. The van der Waals surface area contributed by atoms with Gasteiger partial charge in [0.25, 0.3) is 0 Å².